The van der Waals surface area contributed by atoms with Crippen LogP contribution in [0.4, 0.5) is 4.39 Å². The molecular formula is C16H17FN2O2. The lowest BCUT2D eigenvalue weighted by molar-refractivity contribution is 0.0911. The number of halogens is 1. The molecule has 0 aliphatic rings. The second-order valence-corrected chi connectivity index (χ2v) is 4.88. The third-order valence-corrected chi connectivity index (χ3v) is 3.09. The summed E-state index contributed by atoms with van der Waals surface area (Å²) in [5, 5.41) is 12.8. The fraction of sp³-hybridized carbons (Fsp3) is 0.250. The molecular weight excluding hydrogens is 271 g/mol. The molecule has 1 aromatic heterocycles. The van der Waals surface area contributed by atoms with Crippen LogP contribution in [-0.4, -0.2) is 22.0 Å². The molecule has 0 spiro atoms. The summed E-state index contributed by atoms with van der Waals surface area (Å²) in [6, 6.07) is 13.0. The second-order valence-electron chi connectivity index (χ2n) is 4.88. The van der Waals surface area contributed by atoms with Gasteiger partial charge in [0.1, 0.15) is 5.69 Å². The minimum absolute atomic E-state index is 0.0241. The topological polar surface area (TPSA) is 62.2 Å². The molecule has 0 saturated heterocycles. The van der Waals surface area contributed by atoms with Crippen LogP contribution in [0.3, 0.4) is 0 Å². The maximum absolute atomic E-state index is 13.0. The quantitative estimate of drug-likeness (QED) is 0.831. The lowest BCUT2D eigenvalue weighted by Gasteiger charge is -2.18. The van der Waals surface area contributed by atoms with Gasteiger partial charge in [-0.25, -0.2) is 4.98 Å². The molecule has 2 unspecified atom stereocenters. The van der Waals surface area contributed by atoms with E-state index in [1.54, 1.807) is 6.92 Å². The Hall–Kier alpha value is -2.27. The number of carbonyl (C=O) groups is 1. The first-order valence-corrected chi connectivity index (χ1v) is 6.72. The number of nitrogens with zero attached hydrogens (tertiary/aromatic N) is 1. The third-order valence-electron chi connectivity index (χ3n) is 3.09. The SMILES string of the molecule is CC(CC(O)c1ccccc1)NC(=O)c1cccc(F)n1. The van der Waals surface area contributed by atoms with Crippen LogP contribution in [0.5, 0.6) is 0 Å². The number of aliphatic hydroxyl groups excluding tert-OH is 1. The summed E-state index contributed by atoms with van der Waals surface area (Å²) in [4.78, 5) is 15.4. The molecule has 1 heterocycles. The van der Waals surface area contributed by atoms with E-state index in [2.05, 4.69) is 10.3 Å². The summed E-state index contributed by atoms with van der Waals surface area (Å²) in [5.41, 5.74) is 0.818. The first-order valence-electron chi connectivity index (χ1n) is 6.72. The van der Waals surface area contributed by atoms with Gasteiger partial charge in [-0.05, 0) is 31.0 Å². The zero-order chi connectivity index (χ0) is 15.2. The van der Waals surface area contributed by atoms with Crippen LogP contribution in [0.2, 0.25) is 0 Å². The van der Waals surface area contributed by atoms with Crippen molar-refractivity contribution in [3.8, 4) is 0 Å². The van der Waals surface area contributed by atoms with Gasteiger partial charge in [0.2, 0.25) is 5.95 Å². The van der Waals surface area contributed by atoms with Crippen molar-refractivity contribution in [2.24, 2.45) is 0 Å². The Bertz CT molecular complexity index is 604. The molecule has 1 aromatic carbocycles. The van der Waals surface area contributed by atoms with Gasteiger partial charge < -0.3 is 10.4 Å². The van der Waals surface area contributed by atoms with E-state index in [0.717, 1.165) is 5.56 Å². The average Bonchev–Trinajstić information content (AvgIpc) is 2.48. The monoisotopic (exact) mass is 288 g/mol. The molecule has 0 aliphatic heterocycles. The molecule has 110 valence electrons. The summed E-state index contributed by atoms with van der Waals surface area (Å²) in [7, 11) is 0. The van der Waals surface area contributed by atoms with Crippen molar-refractivity contribution < 1.29 is 14.3 Å². The van der Waals surface area contributed by atoms with Crippen LogP contribution in [0.1, 0.15) is 35.5 Å². The number of pyridine rings is 1. The van der Waals surface area contributed by atoms with Crippen molar-refractivity contribution in [2.45, 2.75) is 25.5 Å². The van der Waals surface area contributed by atoms with Crippen LogP contribution >= 0.6 is 0 Å². The summed E-state index contributed by atoms with van der Waals surface area (Å²) in [6.07, 6.45) is -0.299. The first-order chi connectivity index (χ1) is 10.1. The molecule has 0 fully saturated rings. The highest BCUT2D eigenvalue weighted by Crippen LogP contribution is 2.17. The molecule has 21 heavy (non-hydrogen) atoms. The molecule has 2 atom stereocenters. The summed E-state index contributed by atoms with van der Waals surface area (Å²) in [5.74, 6) is -1.15. The predicted octanol–water partition coefficient (Wildman–Crippen LogP) is 2.46. The molecule has 5 heteroatoms. The second kappa shape index (κ2) is 6.95. The van der Waals surface area contributed by atoms with E-state index in [1.807, 2.05) is 30.3 Å². The van der Waals surface area contributed by atoms with Crippen LogP contribution in [-0.2, 0) is 0 Å². The molecule has 0 radical (unpaired) electrons. The van der Waals surface area contributed by atoms with Gasteiger partial charge in [-0.15, -0.1) is 0 Å². The van der Waals surface area contributed by atoms with Gasteiger partial charge >= 0.3 is 0 Å². The standard InChI is InChI=1S/C16H17FN2O2/c1-11(10-14(20)12-6-3-2-4-7-12)18-16(21)13-8-5-9-15(17)19-13/h2-9,11,14,20H,10H2,1H3,(H,18,21). The molecule has 1 amide bonds. The number of rotatable bonds is 5. The normalized spacial score (nSPS) is 13.5. The number of hydrogen-bond acceptors (Lipinski definition) is 3. The smallest absolute Gasteiger partial charge is 0.270 e. The van der Waals surface area contributed by atoms with Gasteiger partial charge in [0, 0.05) is 6.04 Å². The van der Waals surface area contributed by atoms with E-state index >= 15 is 0 Å². The van der Waals surface area contributed by atoms with E-state index in [9.17, 15) is 14.3 Å². The number of nitrogens with one attached hydrogen (secondary N) is 1. The maximum Gasteiger partial charge on any atom is 0.270 e. The van der Waals surface area contributed by atoms with Gasteiger partial charge in [0.15, 0.2) is 0 Å². The van der Waals surface area contributed by atoms with Gasteiger partial charge in [0.05, 0.1) is 6.10 Å². The van der Waals surface area contributed by atoms with Crippen molar-refractivity contribution in [2.75, 3.05) is 0 Å². The largest absolute Gasteiger partial charge is 0.388 e. The van der Waals surface area contributed by atoms with Gasteiger partial charge in [-0.2, -0.15) is 4.39 Å². The number of aliphatic hydroxyl groups is 1. The van der Waals surface area contributed by atoms with Crippen LogP contribution < -0.4 is 5.32 Å². The van der Waals surface area contributed by atoms with E-state index in [0.29, 0.717) is 6.42 Å². The maximum atomic E-state index is 13.0. The third kappa shape index (κ3) is 4.36. The van der Waals surface area contributed by atoms with Crippen LogP contribution in [0.15, 0.2) is 48.5 Å². The minimum Gasteiger partial charge on any atom is -0.388 e. The fourth-order valence-corrected chi connectivity index (χ4v) is 2.04. The Labute approximate surface area is 122 Å². The number of hydrogen-bond donors (Lipinski definition) is 2. The van der Waals surface area contributed by atoms with Crippen molar-refractivity contribution in [3.05, 3.63) is 65.7 Å². The Kier molecular flexibility index (Phi) is 5.00. The minimum atomic E-state index is -0.695. The number of amides is 1. The Balaban J connectivity index is 1.92. The first kappa shape index (κ1) is 15.1. The Morgan fingerprint density at radius 3 is 2.62 bits per heavy atom. The summed E-state index contributed by atoms with van der Waals surface area (Å²) < 4.78 is 13.0. The highest BCUT2D eigenvalue weighted by atomic mass is 19.1. The Morgan fingerprint density at radius 2 is 1.95 bits per heavy atom. The van der Waals surface area contributed by atoms with Crippen molar-refractivity contribution >= 4 is 5.91 Å². The lowest BCUT2D eigenvalue weighted by Crippen LogP contribution is -2.34. The molecule has 2 N–H and O–H groups in total. The highest BCUT2D eigenvalue weighted by Gasteiger charge is 2.16. The fourth-order valence-electron chi connectivity index (χ4n) is 2.04. The van der Waals surface area contributed by atoms with E-state index in [1.165, 1.54) is 18.2 Å². The number of carbonyl (C=O) groups excluding carboxylic acids is 1. The number of benzene rings is 1. The van der Waals surface area contributed by atoms with Crippen molar-refractivity contribution in [1.82, 2.24) is 10.3 Å². The summed E-state index contributed by atoms with van der Waals surface area (Å²) >= 11 is 0. The molecule has 0 aliphatic carbocycles. The van der Waals surface area contributed by atoms with Gasteiger partial charge in [0.25, 0.3) is 5.91 Å². The average molecular weight is 288 g/mol. The molecule has 0 saturated carbocycles. The zero-order valence-corrected chi connectivity index (χ0v) is 11.7. The Morgan fingerprint density at radius 1 is 1.24 bits per heavy atom. The molecule has 2 rings (SSSR count). The van der Waals surface area contributed by atoms with Crippen LogP contribution in [0.25, 0.3) is 0 Å². The highest BCUT2D eigenvalue weighted by molar-refractivity contribution is 5.92. The van der Waals surface area contributed by atoms with E-state index in [-0.39, 0.29) is 11.7 Å². The van der Waals surface area contributed by atoms with Crippen molar-refractivity contribution in [3.63, 3.8) is 0 Å². The molecule has 4 nitrogen and oxygen atoms in total. The predicted molar refractivity (Wildman–Crippen MR) is 77.1 cm³/mol. The zero-order valence-electron chi connectivity index (χ0n) is 11.7. The summed E-state index contributed by atoms with van der Waals surface area (Å²) in [6.45, 7) is 1.78. The lowest BCUT2D eigenvalue weighted by atomic mass is 10.0. The van der Waals surface area contributed by atoms with E-state index in [4.69, 9.17) is 0 Å². The van der Waals surface area contributed by atoms with Crippen molar-refractivity contribution in [1.29, 1.82) is 0 Å². The molecule has 2 aromatic rings. The number of aromatic nitrogens is 1. The van der Waals surface area contributed by atoms with Gasteiger partial charge in [-0.1, -0.05) is 36.4 Å². The van der Waals surface area contributed by atoms with Gasteiger partial charge in [-0.3, -0.25) is 4.79 Å². The molecule has 0 bridgehead atoms. The van der Waals surface area contributed by atoms with Crippen LogP contribution in [0, 0.1) is 5.95 Å². The van der Waals surface area contributed by atoms with E-state index < -0.39 is 18.0 Å².